The molecule has 0 bridgehead atoms. The lowest BCUT2D eigenvalue weighted by atomic mass is 10.1. The summed E-state index contributed by atoms with van der Waals surface area (Å²) >= 11 is 0. The quantitative estimate of drug-likeness (QED) is 0.641. The first kappa shape index (κ1) is 19.2. The minimum absolute atomic E-state index is 0.00304. The van der Waals surface area contributed by atoms with Crippen LogP contribution in [0.1, 0.15) is 24.1 Å². The highest BCUT2D eigenvalue weighted by atomic mass is 19.1. The molecule has 0 saturated carbocycles. The Kier molecular flexibility index (Phi) is 6.06. The number of aromatic nitrogens is 2. The van der Waals surface area contributed by atoms with E-state index in [2.05, 4.69) is 15.3 Å². The molecule has 1 heterocycles. The number of carbonyl (C=O) groups is 1. The van der Waals surface area contributed by atoms with Crippen LogP contribution in [0, 0.1) is 11.6 Å². The molecule has 28 heavy (non-hydrogen) atoms. The van der Waals surface area contributed by atoms with Gasteiger partial charge in [-0.25, -0.2) is 18.7 Å². The Morgan fingerprint density at radius 1 is 1.11 bits per heavy atom. The Hall–Kier alpha value is -3.61. The van der Waals surface area contributed by atoms with E-state index in [0.29, 0.717) is 11.5 Å². The first-order valence-corrected chi connectivity index (χ1v) is 8.48. The molecule has 0 aliphatic carbocycles. The molecule has 0 saturated heterocycles. The minimum atomic E-state index is -0.603. The van der Waals surface area contributed by atoms with E-state index < -0.39 is 17.5 Å². The van der Waals surface area contributed by atoms with Crippen LogP contribution < -0.4 is 10.1 Å². The van der Waals surface area contributed by atoms with Crippen molar-refractivity contribution in [1.82, 2.24) is 15.3 Å². The monoisotopic (exact) mass is 381 g/mol. The van der Waals surface area contributed by atoms with E-state index in [-0.39, 0.29) is 11.6 Å². The van der Waals surface area contributed by atoms with Crippen LogP contribution in [0.25, 0.3) is 6.08 Å². The lowest BCUT2D eigenvalue weighted by Gasteiger charge is -2.14. The fourth-order valence-corrected chi connectivity index (χ4v) is 2.47. The van der Waals surface area contributed by atoms with Crippen molar-refractivity contribution in [1.29, 1.82) is 0 Å². The van der Waals surface area contributed by atoms with Gasteiger partial charge in [0.2, 0.25) is 5.91 Å². The second-order valence-electron chi connectivity index (χ2n) is 5.98. The Morgan fingerprint density at radius 3 is 2.68 bits per heavy atom. The molecule has 0 fully saturated rings. The number of nitrogens with zero attached hydrogens (tertiary/aromatic N) is 2. The fourth-order valence-electron chi connectivity index (χ4n) is 2.47. The van der Waals surface area contributed by atoms with Crippen molar-refractivity contribution in [2.45, 2.75) is 13.0 Å². The van der Waals surface area contributed by atoms with Crippen LogP contribution in [0.3, 0.4) is 0 Å². The van der Waals surface area contributed by atoms with E-state index in [1.807, 2.05) is 6.07 Å². The van der Waals surface area contributed by atoms with Crippen LogP contribution in [0.2, 0.25) is 0 Å². The summed E-state index contributed by atoms with van der Waals surface area (Å²) in [6.45, 7) is 1.80. The largest absolute Gasteiger partial charge is 0.454 e. The third-order valence-electron chi connectivity index (χ3n) is 3.86. The van der Waals surface area contributed by atoms with Gasteiger partial charge in [0, 0.05) is 11.6 Å². The number of hydrogen-bond donors (Lipinski definition) is 1. The number of benzene rings is 2. The predicted octanol–water partition coefficient (Wildman–Crippen LogP) is 4.44. The highest BCUT2D eigenvalue weighted by Crippen LogP contribution is 2.23. The summed E-state index contributed by atoms with van der Waals surface area (Å²) in [5.74, 6) is -0.537. The lowest BCUT2D eigenvalue weighted by molar-refractivity contribution is -0.117. The lowest BCUT2D eigenvalue weighted by Crippen LogP contribution is -2.24. The van der Waals surface area contributed by atoms with Crippen molar-refractivity contribution in [2.24, 2.45) is 0 Å². The van der Waals surface area contributed by atoms with Crippen molar-refractivity contribution in [2.75, 3.05) is 0 Å². The maximum atomic E-state index is 13.6. The van der Waals surface area contributed by atoms with E-state index in [1.165, 1.54) is 12.4 Å². The number of hydrogen-bond acceptors (Lipinski definition) is 4. The number of halogens is 2. The normalized spacial score (nSPS) is 12.0. The van der Waals surface area contributed by atoms with Crippen molar-refractivity contribution in [3.8, 4) is 11.5 Å². The molecule has 142 valence electrons. The smallest absolute Gasteiger partial charge is 0.244 e. The van der Waals surface area contributed by atoms with E-state index >= 15 is 0 Å². The third-order valence-corrected chi connectivity index (χ3v) is 3.86. The molecule has 1 atom stereocenters. The van der Waals surface area contributed by atoms with Crippen LogP contribution in [-0.2, 0) is 4.79 Å². The van der Waals surface area contributed by atoms with Crippen LogP contribution in [0.15, 0.2) is 67.3 Å². The molecule has 1 aromatic heterocycles. The second kappa shape index (κ2) is 8.85. The Balaban J connectivity index is 1.64. The van der Waals surface area contributed by atoms with Crippen LogP contribution in [-0.4, -0.2) is 15.9 Å². The van der Waals surface area contributed by atoms with Crippen molar-refractivity contribution >= 4 is 12.0 Å². The summed E-state index contributed by atoms with van der Waals surface area (Å²) < 4.78 is 32.4. The van der Waals surface area contributed by atoms with E-state index in [1.54, 1.807) is 37.5 Å². The maximum Gasteiger partial charge on any atom is 0.244 e. The highest BCUT2D eigenvalue weighted by Gasteiger charge is 2.09. The van der Waals surface area contributed by atoms with Crippen LogP contribution in [0.4, 0.5) is 8.78 Å². The van der Waals surface area contributed by atoms with Gasteiger partial charge in [0.25, 0.3) is 0 Å². The molecule has 5 nitrogen and oxygen atoms in total. The third kappa shape index (κ3) is 5.20. The highest BCUT2D eigenvalue weighted by molar-refractivity contribution is 5.92. The molecule has 0 aliphatic heterocycles. The van der Waals surface area contributed by atoms with Gasteiger partial charge in [0.1, 0.15) is 23.7 Å². The molecule has 3 rings (SSSR count). The predicted molar refractivity (Wildman–Crippen MR) is 100 cm³/mol. The van der Waals surface area contributed by atoms with Gasteiger partial charge >= 0.3 is 0 Å². The molecule has 1 amide bonds. The molecule has 0 aliphatic rings. The SMILES string of the molecule is CC(NC(=O)/C=C/c1cc(F)ccc1F)c1cccc(Oc2cncnc2)c1. The van der Waals surface area contributed by atoms with Crippen LogP contribution in [0.5, 0.6) is 11.5 Å². The van der Waals surface area contributed by atoms with Crippen molar-refractivity contribution < 1.29 is 18.3 Å². The van der Waals surface area contributed by atoms with Crippen molar-refractivity contribution in [3.05, 3.63) is 90.0 Å². The minimum Gasteiger partial charge on any atom is -0.454 e. The van der Waals surface area contributed by atoms with Gasteiger partial charge in [-0.05, 0) is 48.9 Å². The van der Waals surface area contributed by atoms with Gasteiger partial charge in [0.15, 0.2) is 5.75 Å². The summed E-state index contributed by atoms with van der Waals surface area (Å²) in [5, 5.41) is 2.77. The molecule has 2 aromatic carbocycles. The Morgan fingerprint density at radius 2 is 1.89 bits per heavy atom. The molecule has 3 aromatic rings. The molecular weight excluding hydrogens is 364 g/mol. The summed E-state index contributed by atoms with van der Waals surface area (Å²) in [7, 11) is 0. The van der Waals surface area contributed by atoms with Gasteiger partial charge < -0.3 is 10.1 Å². The molecule has 7 heteroatoms. The van der Waals surface area contributed by atoms with Crippen molar-refractivity contribution in [3.63, 3.8) is 0 Å². The van der Waals surface area contributed by atoms with Gasteiger partial charge in [-0.1, -0.05) is 12.1 Å². The Bertz CT molecular complexity index is 994. The molecule has 0 spiro atoms. The van der Waals surface area contributed by atoms with Gasteiger partial charge in [-0.3, -0.25) is 4.79 Å². The summed E-state index contributed by atoms with van der Waals surface area (Å²) in [5.41, 5.74) is 0.816. The average Bonchev–Trinajstić information content (AvgIpc) is 2.69. The zero-order valence-electron chi connectivity index (χ0n) is 15.0. The van der Waals surface area contributed by atoms with E-state index in [0.717, 1.165) is 29.8 Å². The standard InChI is InChI=1S/C21H17F2N3O2/c1-14(26-21(27)8-5-16-9-17(22)6-7-20(16)23)15-3-2-4-18(10-15)28-19-11-24-13-25-12-19/h2-14H,1H3,(H,26,27)/b8-5+. The van der Waals surface area contributed by atoms with Gasteiger partial charge in [0.05, 0.1) is 18.4 Å². The summed E-state index contributed by atoms with van der Waals surface area (Å²) in [6, 6.07) is 9.93. The summed E-state index contributed by atoms with van der Waals surface area (Å²) in [6.07, 6.45) is 6.89. The van der Waals surface area contributed by atoms with Crippen LogP contribution >= 0.6 is 0 Å². The van der Waals surface area contributed by atoms with E-state index in [4.69, 9.17) is 4.74 Å². The van der Waals surface area contributed by atoms with Gasteiger partial charge in [-0.2, -0.15) is 0 Å². The number of amides is 1. The average molecular weight is 381 g/mol. The van der Waals surface area contributed by atoms with Gasteiger partial charge in [-0.15, -0.1) is 0 Å². The topological polar surface area (TPSA) is 64.1 Å². The fraction of sp³-hybridized carbons (Fsp3) is 0.0952. The number of ether oxygens (including phenoxy) is 1. The zero-order valence-corrected chi connectivity index (χ0v) is 15.0. The Labute approximate surface area is 160 Å². The molecule has 1 N–H and O–H groups in total. The number of nitrogens with one attached hydrogen (secondary N) is 1. The first-order chi connectivity index (χ1) is 13.5. The zero-order chi connectivity index (χ0) is 19.9. The summed E-state index contributed by atoms with van der Waals surface area (Å²) in [4.78, 5) is 19.9. The van der Waals surface area contributed by atoms with E-state index in [9.17, 15) is 13.6 Å². The molecular formula is C21H17F2N3O2. The number of rotatable bonds is 6. The second-order valence-corrected chi connectivity index (χ2v) is 5.98. The first-order valence-electron chi connectivity index (χ1n) is 8.48. The number of carbonyl (C=O) groups excluding carboxylic acids is 1. The molecule has 0 radical (unpaired) electrons. The molecule has 1 unspecified atom stereocenters. The maximum absolute atomic E-state index is 13.6.